The Morgan fingerprint density at radius 1 is 1.26 bits per heavy atom. The first kappa shape index (κ1) is 19.2. The SMILES string of the molecule is CC(C)CN1C(=O)/C(=C\c2cc(Br)ccc2OCC(=O)O)c2ccccc21. The fourth-order valence-electron chi connectivity index (χ4n) is 3.05. The van der Waals surface area contributed by atoms with Gasteiger partial charge in [-0.2, -0.15) is 0 Å². The van der Waals surface area contributed by atoms with E-state index in [1.54, 1.807) is 23.1 Å². The maximum absolute atomic E-state index is 13.1. The molecule has 2 aromatic carbocycles. The number of para-hydroxylation sites is 1. The Morgan fingerprint density at radius 3 is 2.70 bits per heavy atom. The minimum atomic E-state index is -1.05. The second kappa shape index (κ2) is 7.96. The number of nitrogens with zero attached hydrogens (tertiary/aromatic N) is 1. The summed E-state index contributed by atoms with van der Waals surface area (Å²) in [7, 11) is 0. The van der Waals surface area contributed by atoms with Crippen LogP contribution in [0.15, 0.2) is 46.9 Å². The molecular formula is C21H20BrNO4. The van der Waals surface area contributed by atoms with E-state index in [1.807, 2.05) is 30.3 Å². The summed E-state index contributed by atoms with van der Waals surface area (Å²) < 4.78 is 6.20. The van der Waals surface area contributed by atoms with Crippen LogP contribution >= 0.6 is 15.9 Å². The molecule has 5 nitrogen and oxygen atoms in total. The molecule has 140 valence electrons. The van der Waals surface area contributed by atoms with Crippen molar-refractivity contribution in [3.63, 3.8) is 0 Å². The van der Waals surface area contributed by atoms with Crippen molar-refractivity contribution in [1.82, 2.24) is 0 Å². The third kappa shape index (κ3) is 4.22. The predicted molar refractivity (Wildman–Crippen MR) is 109 cm³/mol. The fraction of sp³-hybridized carbons (Fsp3) is 0.238. The number of hydrogen-bond donors (Lipinski definition) is 1. The van der Waals surface area contributed by atoms with Crippen LogP contribution in [-0.2, 0) is 9.59 Å². The van der Waals surface area contributed by atoms with Gasteiger partial charge in [0.15, 0.2) is 6.61 Å². The highest BCUT2D eigenvalue weighted by molar-refractivity contribution is 9.10. The van der Waals surface area contributed by atoms with E-state index in [2.05, 4.69) is 29.8 Å². The maximum Gasteiger partial charge on any atom is 0.341 e. The van der Waals surface area contributed by atoms with E-state index in [1.165, 1.54) is 0 Å². The summed E-state index contributed by atoms with van der Waals surface area (Å²) in [6.07, 6.45) is 1.77. The number of aliphatic carboxylic acids is 1. The monoisotopic (exact) mass is 429 g/mol. The summed E-state index contributed by atoms with van der Waals surface area (Å²) in [6.45, 7) is 4.34. The molecule has 6 heteroatoms. The van der Waals surface area contributed by atoms with Gasteiger partial charge >= 0.3 is 5.97 Å². The zero-order valence-electron chi connectivity index (χ0n) is 15.1. The molecule has 2 aromatic rings. The number of fused-ring (bicyclic) bond motifs is 1. The number of carboxylic acid groups (broad SMARTS) is 1. The van der Waals surface area contributed by atoms with Crippen molar-refractivity contribution in [2.75, 3.05) is 18.1 Å². The van der Waals surface area contributed by atoms with Crippen LogP contribution in [0.5, 0.6) is 5.75 Å². The van der Waals surface area contributed by atoms with E-state index < -0.39 is 12.6 Å². The Bertz CT molecular complexity index is 920. The van der Waals surface area contributed by atoms with E-state index >= 15 is 0 Å². The average Bonchev–Trinajstić information content (AvgIpc) is 2.86. The summed E-state index contributed by atoms with van der Waals surface area (Å²) >= 11 is 3.42. The second-order valence-electron chi connectivity index (χ2n) is 6.75. The molecule has 1 aliphatic rings. The molecule has 0 bridgehead atoms. The number of rotatable bonds is 6. The van der Waals surface area contributed by atoms with Crippen LogP contribution in [-0.4, -0.2) is 30.1 Å². The quantitative estimate of drug-likeness (QED) is 0.688. The molecule has 0 fully saturated rings. The van der Waals surface area contributed by atoms with Crippen LogP contribution in [0.25, 0.3) is 11.6 Å². The number of carboxylic acids is 1. The number of ether oxygens (including phenoxy) is 1. The maximum atomic E-state index is 13.1. The van der Waals surface area contributed by atoms with E-state index in [9.17, 15) is 9.59 Å². The average molecular weight is 430 g/mol. The third-order valence-electron chi connectivity index (χ3n) is 4.13. The zero-order valence-corrected chi connectivity index (χ0v) is 16.7. The molecule has 0 radical (unpaired) electrons. The lowest BCUT2D eigenvalue weighted by Crippen LogP contribution is -2.30. The van der Waals surface area contributed by atoms with E-state index in [0.717, 1.165) is 15.7 Å². The van der Waals surface area contributed by atoms with Crippen LogP contribution in [0.1, 0.15) is 25.0 Å². The highest BCUT2D eigenvalue weighted by Crippen LogP contribution is 2.39. The van der Waals surface area contributed by atoms with Gasteiger partial charge in [-0.05, 0) is 36.3 Å². The van der Waals surface area contributed by atoms with Gasteiger partial charge in [-0.1, -0.05) is 48.0 Å². The zero-order chi connectivity index (χ0) is 19.6. The predicted octanol–water partition coefficient (Wildman–Crippen LogP) is 4.46. The summed E-state index contributed by atoms with van der Waals surface area (Å²) in [5.74, 6) is -0.363. The fourth-order valence-corrected chi connectivity index (χ4v) is 3.43. The Balaban J connectivity index is 2.05. The van der Waals surface area contributed by atoms with Gasteiger partial charge in [0.25, 0.3) is 5.91 Å². The van der Waals surface area contributed by atoms with Crippen LogP contribution in [0.3, 0.4) is 0 Å². The molecule has 0 aromatic heterocycles. The van der Waals surface area contributed by atoms with Gasteiger partial charge in [0, 0.05) is 27.7 Å². The van der Waals surface area contributed by atoms with Crippen molar-refractivity contribution in [3.05, 3.63) is 58.1 Å². The van der Waals surface area contributed by atoms with Crippen molar-refractivity contribution in [2.45, 2.75) is 13.8 Å². The first-order valence-corrected chi connectivity index (χ1v) is 9.43. The van der Waals surface area contributed by atoms with Crippen LogP contribution in [0, 0.1) is 5.92 Å². The second-order valence-corrected chi connectivity index (χ2v) is 7.67. The van der Waals surface area contributed by atoms with Crippen LogP contribution in [0.4, 0.5) is 5.69 Å². The van der Waals surface area contributed by atoms with Crippen molar-refractivity contribution in [1.29, 1.82) is 0 Å². The van der Waals surface area contributed by atoms with Crippen LogP contribution in [0.2, 0.25) is 0 Å². The standard InChI is InChI=1S/C21H20BrNO4/c1-13(2)11-23-18-6-4-3-5-16(18)17(21(23)26)10-14-9-15(22)7-8-19(14)27-12-20(24)25/h3-10,13H,11-12H2,1-2H3,(H,24,25)/b17-10-. The summed E-state index contributed by atoms with van der Waals surface area (Å²) in [4.78, 5) is 25.7. The van der Waals surface area contributed by atoms with E-state index in [0.29, 0.717) is 29.3 Å². The van der Waals surface area contributed by atoms with Gasteiger partial charge in [0.2, 0.25) is 0 Å². The molecule has 0 saturated carbocycles. The minimum Gasteiger partial charge on any atom is -0.481 e. The molecule has 0 unspecified atom stereocenters. The third-order valence-corrected chi connectivity index (χ3v) is 4.62. The number of hydrogen-bond acceptors (Lipinski definition) is 3. The number of anilines is 1. The van der Waals surface area contributed by atoms with Gasteiger partial charge in [-0.25, -0.2) is 4.79 Å². The van der Waals surface area contributed by atoms with Gasteiger partial charge in [0.05, 0.1) is 5.69 Å². The molecule has 1 N–H and O–H groups in total. The number of benzene rings is 2. The minimum absolute atomic E-state index is 0.0611. The number of halogens is 1. The molecule has 1 amide bonds. The number of carbonyl (C=O) groups is 2. The smallest absolute Gasteiger partial charge is 0.341 e. The molecule has 1 heterocycles. The molecule has 0 atom stereocenters. The van der Waals surface area contributed by atoms with Gasteiger partial charge < -0.3 is 14.7 Å². The lowest BCUT2D eigenvalue weighted by molar-refractivity contribution is -0.139. The van der Waals surface area contributed by atoms with Crippen molar-refractivity contribution < 1.29 is 19.4 Å². The lowest BCUT2D eigenvalue weighted by Gasteiger charge is -2.19. The molecular weight excluding hydrogens is 410 g/mol. The summed E-state index contributed by atoms with van der Waals surface area (Å²) in [6, 6.07) is 13.0. The van der Waals surface area contributed by atoms with Crippen molar-refractivity contribution in [2.24, 2.45) is 5.92 Å². The van der Waals surface area contributed by atoms with Crippen LogP contribution < -0.4 is 9.64 Å². The topological polar surface area (TPSA) is 66.8 Å². The summed E-state index contributed by atoms with van der Waals surface area (Å²) in [5, 5.41) is 8.88. The normalized spacial score (nSPS) is 14.7. The Kier molecular flexibility index (Phi) is 5.65. The van der Waals surface area contributed by atoms with Crippen molar-refractivity contribution in [3.8, 4) is 5.75 Å². The molecule has 3 rings (SSSR count). The first-order chi connectivity index (χ1) is 12.9. The first-order valence-electron chi connectivity index (χ1n) is 8.64. The molecule has 1 aliphatic heterocycles. The Hall–Kier alpha value is -2.60. The largest absolute Gasteiger partial charge is 0.481 e. The molecule has 27 heavy (non-hydrogen) atoms. The number of carbonyl (C=O) groups excluding carboxylic acids is 1. The van der Waals surface area contributed by atoms with E-state index in [-0.39, 0.29) is 5.91 Å². The van der Waals surface area contributed by atoms with Crippen molar-refractivity contribution >= 4 is 45.1 Å². The molecule has 0 spiro atoms. The molecule has 0 aliphatic carbocycles. The lowest BCUT2D eigenvalue weighted by atomic mass is 10.0. The summed E-state index contributed by atoms with van der Waals surface area (Å²) in [5.41, 5.74) is 2.98. The molecule has 0 saturated heterocycles. The van der Waals surface area contributed by atoms with Gasteiger partial charge in [-0.3, -0.25) is 4.79 Å². The number of amides is 1. The Labute approximate surface area is 166 Å². The van der Waals surface area contributed by atoms with E-state index in [4.69, 9.17) is 9.84 Å². The van der Waals surface area contributed by atoms with Gasteiger partial charge in [0.1, 0.15) is 5.75 Å². The Morgan fingerprint density at radius 2 is 2.00 bits per heavy atom. The highest BCUT2D eigenvalue weighted by atomic mass is 79.9. The highest BCUT2D eigenvalue weighted by Gasteiger charge is 2.32. The van der Waals surface area contributed by atoms with Gasteiger partial charge in [-0.15, -0.1) is 0 Å².